The second-order valence-electron chi connectivity index (χ2n) is 22.3. The standard InChI is InChI=1S/C23H29F3N2O3.C18H21F3N2O.C15H21NO3.C8H8F3N.2CH4/c1-22(2,3)31-21(30)28-19(13-16-8-5-4-6-9-16)20(29)15-27-14-17-10-7-11-18(12-17)23(24,25)26;19-18(20,21)15-8-4-7-14(9-15)11-23-12-17(24)16(22)10-13-5-2-1-3-6-13;1-15(2,3)19-14(17)16-12(13-10-18-13)9-11-7-5-4-6-8-11;9-8(10,11)7-3-1-2-6(4-7)5-12;;/h4-12,19-20,27,29H,13-15H2,1-3H3,(H,28,30);1-9,16-17,23-24H,10-12,22H2;4-8,12-13H,9-10H2,1-3H3,(H,16,17);1-4H,5,12H2;2*1H4/t19-,20+;16-,17+;12-,13+;;;/m000.../s1. The minimum atomic E-state index is -4.41. The van der Waals surface area contributed by atoms with Gasteiger partial charge in [0.25, 0.3) is 0 Å². The number of epoxide rings is 1. The molecule has 2 amide bonds. The minimum Gasteiger partial charge on any atom is -0.444 e. The first-order valence-electron chi connectivity index (χ1n) is 27.7. The van der Waals surface area contributed by atoms with Crippen LogP contribution in [-0.2, 0) is 71.6 Å². The Morgan fingerprint density at radius 2 is 0.852 bits per heavy atom. The molecule has 88 heavy (non-hydrogen) atoms. The second kappa shape index (κ2) is 36.4. The van der Waals surface area contributed by atoms with Crippen molar-refractivity contribution in [2.24, 2.45) is 11.5 Å². The Morgan fingerprint density at radius 1 is 0.511 bits per heavy atom. The van der Waals surface area contributed by atoms with E-state index in [1.165, 1.54) is 23.8 Å². The van der Waals surface area contributed by atoms with E-state index in [1.807, 2.05) is 112 Å². The lowest BCUT2D eigenvalue weighted by molar-refractivity contribution is -0.138. The van der Waals surface area contributed by atoms with E-state index in [2.05, 4.69) is 21.3 Å². The van der Waals surface area contributed by atoms with Crippen LogP contribution in [0.15, 0.2) is 164 Å². The summed E-state index contributed by atoms with van der Waals surface area (Å²) in [6, 6.07) is 43.0. The summed E-state index contributed by atoms with van der Waals surface area (Å²) in [7, 11) is 0. The molecule has 1 heterocycles. The van der Waals surface area contributed by atoms with Gasteiger partial charge in [-0.3, -0.25) is 0 Å². The molecule has 6 atom stereocenters. The van der Waals surface area contributed by atoms with Crippen LogP contribution in [0.2, 0.25) is 0 Å². The first-order chi connectivity index (χ1) is 40.3. The zero-order valence-corrected chi connectivity index (χ0v) is 48.9. The van der Waals surface area contributed by atoms with E-state index in [0.717, 1.165) is 53.9 Å². The Kier molecular flexibility index (Phi) is 31.9. The number of ether oxygens (including phenoxy) is 3. The molecule has 1 aliphatic heterocycles. The lowest BCUT2D eigenvalue weighted by Crippen LogP contribution is -2.49. The van der Waals surface area contributed by atoms with Crippen molar-refractivity contribution in [3.8, 4) is 0 Å². The number of aliphatic hydroxyl groups is 2. The molecule has 6 aromatic carbocycles. The summed E-state index contributed by atoms with van der Waals surface area (Å²) in [6.07, 6.45) is -14.1. The molecule has 1 saturated heterocycles. The Bertz CT molecular complexity index is 2920. The van der Waals surface area contributed by atoms with Crippen LogP contribution in [0.4, 0.5) is 49.1 Å². The molecule has 0 aliphatic carbocycles. The highest BCUT2D eigenvalue weighted by molar-refractivity contribution is 5.68. The van der Waals surface area contributed by atoms with Crippen LogP contribution < -0.4 is 32.7 Å². The summed E-state index contributed by atoms with van der Waals surface area (Å²) in [5.74, 6) is 0. The Balaban J connectivity index is 0.000000415. The number of amides is 2. The lowest BCUT2D eigenvalue weighted by atomic mass is 10.0. The number of alkyl carbamates (subject to hydrolysis) is 2. The molecule has 13 nitrogen and oxygen atoms in total. The first kappa shape index (κ1) is 77.0. The number of hydrogen-bond acceptors (Lipinski definition) is 11. The lowest BCUT2D eigenvalue weighted by Gasteiger charge is -2.27. The summed E-state index contributed by atoms with van der Waals surface area (Å²) >= 11 is 0. The van der Waals surface area contributed by atoms with Gasteiger partial charge >= 0.3 is 30.7 Å². The van der Waals surface area contributed by atoms with Crippen LogP contribution in [0.3, 0.4) is 0 Å². The van der Waals surface area contributed by atoms with Crippen molar-refractivity contribution >= 4 is 12.2 Å². The van der Waals surface area contributed by atoms with Gasteiger partial charge in [-0.25, -0.2) is 9.59 Å². The van der Waals surface area contributed by atoms with Gasteiger partial charge in [0.1, 0.15) is 17.3 Å². The average molecular weight is 1250 g/mol. The summed E-state index contributed by atoms with van der Waals surface area (Å²) < 4.78 is 129. The van der Waals surface area contributed by atoms with E-state index < -0.39 is 76.8 Å². The van der Waals surface area contributed by atoms with Gasteiger partial charge in [0.15, 0.2) is 0 Å². The summed E-state index contributed by atoms with van der Waals surface area (Å²) in [6.45, 7) is 12.3. The highest BCUT2D eigenvalue weighted by Crippen LogP contribution is 2.32. The van der Waals surface area contributed by atoms with Crippen molar-refractivity contribution in [1.29, 1.82) is 0 Å². The Hall–Kier alpha value is -7.05. The van der Waals surface area contributed by atoms with E-state index in [4.69, 9.17) is 25.7 Å². The molecule has 10 N–H and O–H groups in total. The first-order valence-corrected chi connectivity index (χ1v) is 27.7. The second-order valence-corrected chi connectivity index (χ2v) is 22.3. The van der Waals surface area contributed by atoms with E-state index in [0.29, 0.717) is 36.1 Å². The fraction of sp³-hybridized carbons (Fsp3) is 0.424. The number of carbonyl (C=O) groups is 2. The van der Waals surface area contributed by atoms with Gasteiger partial charge in [-0.05, 0) is 112 Å². The topological polar surface area (TPSA) is 206 Å². The Labute approximate surface area is 511 Å². The van der Waals surface area contributed by atoms with Crippen molar-refractivity contribution in [3.05, 3.63) is 214 Å². The molecule has 1 aliphatic rings. The normalized spacial score (nSPS) is 14.7. The fourth-order valence-electron chi connectivity index (χ4n) is 8.14. The third kappa shape index (κ3) is 31.2. The van der Waals surface area contributed by atoms with Gasteiger partial charge in [-0.15, -0.1) is 0 Å². The predicted molar refractivity (Wildman–Crippen MR) is 326 cm³/mol. The summed E-state index contributed by atoms with van der Waals surface area (Å²) in [5.41, 5.74) is 12.5. The number of rotatable bonds is 20. The summed E-state index contributed by atoms with van der Waals surface area (Å²) in [5, 5.41) is 32.2. The molecule has 6 aromatic rings. The number of hydrogen-bond donors (Lipinski definition) is 8. The van der Waals surface area contributed by atoms with Crippen molar-refractivity contribution in [3.63, 3.8) is 0 Å². The van der Waals surface area contributed by atoms with Gasteiger partial charge < -0.3 is 57.2 Å². The summed E-state index contributed by atoms with van der Waals surface area (Å²) in [4.78, 5) is 24.0. The number of aliphatic hydroxyl groups excluding tert-OH is 2. The van der Waals surface area contributed by atoms with E-state index in [-0.39, 0.29) is 65.8 Å². The van der Waals surface area contributed by atoms with Crippen LogP contribution in [0.1, 0.15) is 106 Å². The number of halogens is 9. The van der Waals surface area contributed by atoms with Crippen molar-refractivity contribution in [2.75, 3.05) is 19.7 Å². The van der Waals surface area contributed by atoms with E-state index >= 15 is 0 Å². The van der Waals surface area contributed by atoms with Crippen LogP contribution >= 0.6 is 0 Å². The highest BCUT2D eigenvalue weighted by atomic mass is 19.4. The quantitative estimate of drug-likeness (QED) is 0.0267. The average Bonchev–Trinajstić information content (AvgIpc) is 3.98. The SMILES string of the molecule is C.C.CC(C)(C)OC(=O)N[C@@H](Cc1ccccc1)[C@H](O)CNCc1cccc(C(F)(F)F)c1.CC(C)(C)OC(=O)N[C@@H](Cc1ccccc1)[C@H]1CO1.NCc1cccc(C(F)(F)F)c1.N[C@@H](Cc1ccccc1)[C@H](O)CNCc1cccc(C(F)(F)F)c1. The third-order valence-electron chi connectivity index (χ3n) is 12.4. The minimum absolute atomic E-state index is 0. The largest absolute Gasteiger partial charge is 0.444 e. The predicted octanol–water partition coefficient (Wildman–Crippen LogP) is 13.0. The molecule has 7 rings (SSSR count). The Morgan fingerprint density at radius 3 is 1.23 bits per heavy atom. The maximum absolute atomic E-state index is 12.9. The van der Waals surface area contributed by atoms with Gasteiger partial charge in [0, 0.05) is 38.8 Å². The molecule has 0 saturated carbocycles. The number of carbonyl (C=O) groups excluding carboxylic acids is 2. The zero-order chi connectivity index (χ0) is 63.7. The molecule has 486 valence electrons. The van der Waals surface area contributed by atoms with Crippen molar-refractivity contribution < 1.29 is 73.5 Å². The molecular weight excluding hydrogens is 1160 g/mol. The fourth-order valence-corrected chi connectivity index (χ4v) is 8.14. The van der Waals surface area contributed by atoms with Gasteiger partial charge in [-0.1, -0.05) is 160 Å². The monoisotopic (exact) mass is 1250 g/mol. The molecule has 1 fully saturated rings. The zero-order valence-electron chi connectivity index (χ0n) is 48.9. The number of nitrogens with two attached hydrogens (primary N) is 2. The molecule has 0 bridgehead atoms. The van der Waals surface area contributed by atoms with Gasteiger partial charge in [0.2, 0.25) is 0 Å². The van der Waals surface area contributed by atoms with Gasteiger partial charge in [0.05, 0.1) is 47.6 Å². The van der Waals surface area contributed by atoms with Crippen molar-refractivity contribution in [1.82, 2.24) is 21.3 Å². The van der Waals surface area contributed by atoms with Crippen molar-refractivity contribution in [2.45, 2.75) is 161 Å². The number of alkyl halides is 9. The van der Waals surface area contributed by atoms with Crippen LogP contribution in [0.5, 0.6) is 0 Å². The smallest absolute Gasteiger partial charge is 0.416 e. The number of nitrogens with one attached hydrogen (secondary N) is 4. The van der Waals surface area contributed by atoms with E-state index in [1.54, 1.807) is 39.0 Å². The molecule has 0 unspecified atom stereocenters. The maximum Gasteiger partial charge on any atom is 0.416 e. The molecule has 22 heteroatoms. The van der Waals surface area contributed by atoms with Crippen LogP contribution in [0, 0.1) is 0 Å². The molecule has 0 spiro atoms. The van der Waals surface area contributed by atoms with E-state index in [9.17, 15) is 59.3 Å². The number of benzene rings is 6. The highest BCUT2D eigenvalue weighted by Gasteiger charge is 2.36. The maximum atomic E-state index is 12.9. The third-order valence-corrected chi connectivity index (χ3v) is 12.4. The molecule has 0 aromatic heterocycles. The van der Waals surface area contributed by atoms with Gasteiger partial charge in [-0.2, -0.15) is 39.5 Å². The molecule has 0 radical (unpaired) electrons. The molecular formula is C66H87F9N6O7. The van der Waals surface area contributed by atoms with Crippen LogP contribution in [0.25, 0.3) is 0 Å². The van der Waals surface area contributed by atoms with Crippen LogP contribution in [-0.4, -0.2) is 89.7 Å².